The van der Waals surface area contributed by atoms with E-state index in [1.165, 1.54) is 0 Å². The SMILES string of the molecule is CC1(C)C(CNc2nc(Cl)ncc2F)C1(C)C. The van der Waals surface area contributed by atoms with Crippen LogP contribution in [0.4, 0.5) is 10.2 Å². The van der Waals surface area contributed by atoms with E-state index in [9.17, 15) is 4.39 Å². The van der Waals surface area contributed by atoms with Gasteiger partial charge in [-0.1, -0.05) is 27.7 Å². The van der Waals surface area contributed by atoms with E-state index in [4.69, 9.17) is 11.6 Å². The number of aromatic nitrogens is 2. The minimum atomic E-state index is -0.467. The standard InChI is InChI=1S/C12H17ClFN3/c1-11(2)8(12(11,3)4)6-15-9-7(14)5-16-10(13)17-9/h5,8H,6H2,1-4H3,(H,15,16,17). The summed E-state index contributed by atoms with van der Waals surface area (Å²) in [7, 11) is 0. The van der Waals surface area contributed by atoms with Crippen molar-refractivity contribution in [1.29, 1.82) is 0 Å². The lowest BCUT2D eigenvalue weighted by Crippen LogP contribution is -2.11. The zero-order valence-electron chi connectivity index (χ0n) is 10.5. The zero-order valence-corrected chi connectivity index (χ0v) is 11.3. The molecule has 1 N–H and O–H groups in total. The highest BCUT2D eigenvalue weighted by molar-refractivity contribution is 6.28. The van der Waals surface area contributed by atoms with E-state index < -0.39 is 5.82 Å². The van der Waals surface area contributed by atoms with Gasteiger partial charge in [0.2, 0.25) is 5.28 Å². The Hall–Kier alpha value is -0.900. The normalized spacial score (nSPS) is 21.3. The predicted molar refractivity (Wildman–Crippen MR) is 66.5 cm³/mol. The average Bonchev–Trinajstić information content (AvgIpc) is 2.60. The molecule has 0 bridgehead atoms. The molecule has 0 amide bonds. The first-order valence-corrected chi connectivity index (χ1v) is 6.06. The van der Waals surface area contributed by atoms with Gasteiger partial charge in [0.05, 0.1) is 6.20 Å². The Bertz CT molecular complexity index is 431. The molecule has 3 nitrogen and oxygen atoms in total. The lowest BCUT2D eigenvalue weighted by molar-refractivity contribution is 0.457. The minimum Gasteiger partial charge on any atom is -0.367 e. The van der Waals surface area contributed by atoms with Gasteiger partial charge in [-0.2, -0.15) is 4.98 Å². The highest BCUT2D eigenvalue weighted by Crippen LogP contribution is 2.68. The van der Waals surface area contributed by atoms with Crippen LogP contribution in [0.2, 0.25) is 5.28 Å². The Labute approximate surface area is 106 Å². The summed E-state index contributed by atoms with van der Waals surface area (Å²) in [5, 5.41) is 3.07. The van der Waals surface area contributed by atoms with Crippen molar-refractivity contribution in [2.45, 2.75) is 27.7 Å². The Morgan fingerprint density at radius 3 is 2.47 bits per heavy atom. The minimum absolute atomic E-state index is 0.0585. The molecule has 1 fully saturated rings. The zero-order chi connectivity index (χ0) is 12.8. The molecule has 0 aromatic carbocycles. The Balaban J connectivity index is 2.03. The van der Waals surface area contributed by atoms with Gasteiger partial charge in [-0.25, -0.2) is 9.37 Å². The maximum absolute atomic E-state index is 13.4. The molecule has 1 aliphatic carbocycles. The second-order valence-corrected chi connectivity index (χ2v) is 6.05. The van der Waals surface area contributed by atoms with Crippen LogP contribution in [0.3, 0.4) is 0 Å². The van der Waals surface area contributed by atoms with Gasteiger partial charge in [-0.3, -0.25) is 0 Å². The molecule has 94 valence electrons. The van der Waals surface area contributed by atoms with Gasteiger partial charge in [0.25, 0.3) is 0 Å². The Kier molecular flexibility index (Phi) is 2.81. The summed E-state index contributed by atoms with van der Waals surface area (Å²) >= 11 is 5.63. The van der Waals surface area contributed by atoms with Gasteiger partial charge in [-0.05, 0) is 28.3 Å². The number of halogens is 2. The molecule has 0 unspecified atom stereocenters. The van der Waals surface area contributed by atoms with E-state index in [-0.39, 0.29) is 21.9 Å². The van der Waals surface area contributed by atoms with Crippen molar-refractivity contribution >= 4 is 17.4 Å². The lowest BCUT2D eigenvalue weighted by atomic mass is 10.0. The lowest BCUT2D eigenvalue weighted by Gasteiger charge is -2.07. The van der Waals surface area contributed by atoms with Crippen molar-refractivity contribution < 1.29 is 4.39 Å². The molecule has 1 aliphatic rings. The van der Waals surface area contributed by atoms with Crippen LogP contribution in [0, 0.1) is 22.6 Å². The number of rotatable bonds is 3. The second kappa shape index (κ2) is 3.80. The first kappa shape index (κ1) is 12.6. The van der Waals surface area contributed by atoms with Gasteiger partial charge in [0.15, 0.2) is 11.6 Å². The quantitative estimate of drug-likeness (QED) is 0.844. The maximum atomic E-state index is 13.4. The van der Waals surface area contributed by atoms with Crippen molar-refractivity contribution in [2.24, 2.45) is 16.7 Å². The first-order valence-electron chi connectivity index (χ1n) is 5.68. The maximum Gasteiger partial charge on any atom is 0.224 e. The molecule has 2 rings (SSSR count). The van der Waals surface area contributed by atoms with Crippen LogP contribution in [0.15, 0.2) is 6.20 Å². The second-order valence-electron chi connectivity index (χ2n) is 5.71. The van der Waals surface area contributed by atoms with Crippen LogP contribution in [-0.4, -0.2) is 16.5 Å². The summed E-state index contributed by atoms with van der Waals surface area (Å²) in [4.78, 5) is 7.41. The van der Waals surface area contributed by atoms with E-state index in [1.807, 2.05) is 0 Å². The molecule has 0 atom stereocenters. The van der Waals surface area contributed by atoms with Gasteiger partial charge >= 0.3 is 0 Å². The fourth-order valence-electron chi connectivity index (χ4n) is 2.51. The average molecular weight is 258 g/mol. The summed E-state index contributed by atoms with van der Waals surface area (Å²) in [6.45, 7) is 9.60. The van der Waals surface area contributed by atoms with Gasteiger partial charge < -0.3 is 5.32 Å². The fourth-order valence-corrected chi connectivity index (χ4v) is 2.65. The van der Waals surface area contributed by atoms with E-state index in [0.717, 1.165) is 6.20 Å². The van der Waals surface area contributed by atoms with E-state index in [0.29, 0.717) is 12.5 Å². The molecule has 1 aromatic rings. The summed E-state index contributed by atoms with van der Waals surface area (Å²) in [6, 6.07) is 0. The monoisotopic (exact) mass is 257 g/mol. The highest BCUT2D eigenvalue weighted by Gasteiger charge is 2.64. The molecule has 1 heterocycles. The number of hydrogen-bond donors (Lipinski definition) is 1. The van der Waals surface area contributed by atoms with Crippen LogP contribution in [-0.2, 0) is 0 Å². The molecule has 17 heavy (non-hydrogen) atoms. The molecule has 1 saturated carbocycles. The topological polar surface area (TPSA) is 37.8 Å². The molecule has 1 aromatic heterocycles. The van der Waals surface area contributed by atoms with E-state index in [2.05, 4.69) is 43.0 Å². The van der Waals surface area contributed by atoms with Crippen molar-refractivity contribution in [3.8, 4) is 0 Å². The number of hydrogen-bond acceptors (Lipinski definition) is 3. The third-order valence-electron chi connectivity index (χ3n) is 4.51. The third-order valence-corrected chi connectivity index (χ3v) is 4.69. The van der Waals surface area contributed by atoms with E-state index in [1.54, 1.807) is 0 Å². The van der Waals surface area contributed by atoms with Crippen molar-refractivity contribution in [1.82, 2.24) is 9.97 Å². The highest BCUT2D eigenvalue weighted by atomic mass is 35.5. The molecule has 0 aliphatic heterocycles. The van der Waals surface area contributed by atoms with Gasteiger partial charge in [-0.15, -0.1) is 0 Å². The summed E-state index contributed by atoms with van der Waals surface area (Å²) < 4.78 is 13.4. The molecular formula is C12H17ClFN3. The number of anilines is 1. The molecule has 0 spiro atoms. The third kappa shape index (κ3) is 1.99. The van der Waals surface area contributed by atoms with Crippen LogP contribution in [0.5, 0.6) is 0 Å². The van der Waals surface area contributed by atoms with Gasteiger partial charge in [0.1, 0.15) is 0 Å². The largest absolute Gasteiger partial charge is 0.367 e. The molecular weight excluding hydrogens is 241 g/mol. The molecule has 0 saturated heterocycles. The predicted octanol–water partition coefficient (Wildman–Crippen LogP) is 3.36. The van der Waals surface area contributed by atoms with E-state index >= 15 is 0 Å². The number of nitrogens with one attached hydrogen (secondary N) is 1. The summed E-state index contributed by atoms with van der Waals surface area (Å²) in [5.74, 6) is 0.220. The number of nitrogens with zero attached hydrogens (tertiary/aromatic N) is 2. The van der Waals surface area contributed by atoms with Crippen LogP contribution in [0.25, 0.3) is 0 Å². The molecule has 0 radical (unpaired) electrons. The van der Waals surface area contributed by atoms with Crippen LogP contribution < -0.4 is 5.32 Å². The molecule has 5 heteroatoms. The smallest absolute Gasteiger partial charge is 0.224 e. The Morgan fingerprint density at radius 2 is 1.94 bits per heavy atom. The van der Waals surface area contributed by atoms with Gasteiger partial charge in [0, 0.05) is 6.54 Å². The van der Waals surface area contributed by atoms with Crippen molar-refractivity contribution in [2.75, 3.05) is 11.9 Å². The van der Waals surface area contributed by atoms with Crippen LogP contribution >= 0.6 is 11.6 Å². The fraction of sp³-hybridized carbons (Fsp3) is 0.667. The first-order chi connectivity index (χ1) is 7.76. The Morgan fingerprint density at radius 1 is 1.35 bits per heavy atom. The summed E-state index contributed by atoms with van der Waals surface area (Å²) in [5.41, 5.74) is 0.542. The van der Waals surface area contributed by atoms with Crippen molar-refractivity contribution in [3.63, 3.8) is 0 Å². The van der Waals surface area contributed by atoms with Crippen molar-refractivity contribution in [3.05, 3.63) is 17.3 Å². The summed E-state index contributed by atoms with van der Waals surface area (Å²) in [6.07, 6.45) is 1.08. The van der Waals surface area contributed by atoms with Crippen LogP contribution in [0.1, 0.15) is 27.7 Å².